The fraction of sp³-hybridized carbons (Fsp3) is 0.562. The van der Waals surface area contributed by atoms with E-state index < -0.39 is 0 Å². The van der Waals surface area contributed by atoms with Gasteiger partial charge in [-0.15, -0.1) is 0 Å². The molecular weight excluding hydrogens is 255 g/mol. The van der Waals surface area contributed by atoms with Crippen LogP contribution in [0.4, 0.5) is 4.39 Å². The normalized spacial score (nSPS) is 24.1. The Labute approximate surface area is 118 Å². The van der Waals surface area contributed by atoms with Crippen LogP contribution in [0.15, 0.2) is 24.3 Å². The van der Waals surface area contributed by atoms with Gasteiger partial charge in [0, 0.05) is 18.5 Å². The first-order valence-corrected chi connectivity index (χ1v) is 7.44. The predicted molar refractivity (Wildman–Crippen MR) is 75.9 cm³/mol. The molecule has 2 aliphatic rings. The van der Waals surface area contributed by atoms with Crippen molar-refractivity contribution in [3.8, 4) is 0 Å². The monoisotopic (exact) mass is 276 g/mol. The van der Waals surface area contributed by atoms with E-state index in [0.717, 1.165) is 37.9 Å². The molecule has 108 valence electrons. The molecule has 20 heavy (non-hydrogen) atoms. The maximum absolute atomic E-state index is 13.0. The Balaban J connectivity index is 1.64. The molecule has 3 rings (SSSR count). The van der Waals surface area contributed by atoms with Crippen LogP contribution in [0.1, 0.15) is 31.2 Å². The Bertz CT molecular complexity index is 476. The lowest BCUT2D eigenvalue weighted by atomic mass is 9.64. The molecule has 1 aliphatic carbocycles. The standard InChI is InChI=1S/C16H21FN2O/c17-14-4-2-13(3-5-14)16(7-1-8-16)11-19-15(20)12-6-9-18-10-12/h2-5,12,18H,1,6-11H2,(H,19,20). The van der Waals surface area contributed by atoms with Crippen molar-refractivity contribution in [3.05, 3.63) is 35.6 Å². The molecule has 2 N–H and O–H groups in total. The Morgan fingerprint density at radius 3 is 2.65 bits per heavy atom. The van der Waals surface area contributed by atoms with E-state index in [1.807, 2.05) is 12.1 Å². The highest BCUT2D eigenvalue weighted by molar-refractivity contribution is 5.79. The van der Waals surface area contributed by atoms with Gasteiger partial charge in [-0.2, -0.15) is 0 Å². The lowest BCUT2D eigenvalue weighted by Gasteiger charge is -2.42. The average molecular weight is 276 g/mol. The number of hydrogen-bond donors (Lipinski definition) is 2. The molecule has 1 amide bonds. The number of carbonyl (C=O) groups is 1. The zero-order chi connectivity index (χ0) is 14.0. The summed E-state index contributed by atoms with van der Waals surface area (Å²) in [4.78, 5) is 12.1. The lowest BCUT2D eigenvalue weighted by Crippen LogP contribution is -2.47. The van der Waals surface area contributed by atoms with E-state index in [-0.39, 0.29) is 23.1 Å². The first kappa shape index (κ1) is 13.6. The minimum atomic E-state index is -0.204. The molecule has 0 bridgehead atoms. The second kappa shape index (κ2) is 5.52. The topological polar surface area (TPSA) is 41.1 Å². The maximum Gasteiger partial charge on any atom is 0.224 e. The molecule has 0 spiro atoms. The van der Waals surface area contributed by atoms with Crippen LogP contribution in [0.2, 0.25) is 0 Å². The Morgan fingerprint density at radius 1 is 1.35 bits per heavy atom. The van der Waals surface area contributed by atoms with Crippen LogP contribution in [0, 0.1) is 11.7 Å². The fourth-order valence-electron chi connectivity index (χ4n) is 3.25. The second-order valence-electron chi connectivity index (χ2n) is 6.05. The molecule has 1 aromatic carbocycles. The highest BCUT2D eigenvalue weighted by Gasteiger charge is 2.39. The number of carbonyl (C=O) groups excluding carboxylic acids is 1. The van der Waals surface area contributed by atoms with Gasteiger partial charge in [0.05, 0.1) is 5.92 Å². The molecule has 1 heterocycles. The van der Waals surface area contributed by atoms with Gasteiger partial charge in [-0.3, -0.25) is 4.79 Å². The molecule has 2 fully saturated rings. The number of benzene rings is 1. The lowest BCUT2D eigenvalue weighted by molar-refractivity contribution is -0.124. The van der Waals surface area contributed by atoms with Crippen LogP contribution in [0.5, 0.6) is 0 Å². The van der Waals surface area contributed by atoms with Crippen molar-refractivity contribution in [1.29, 1.82) is 0 Å². The van der Waals surface area contributed by atoms with Crippen molar-refractivity contribution >= 4 is 5.91 Å². The van der Waals surface area contributed by atoms with Crippen LogP contribution in [-0.2, 0) is 10.2 Å². The molecule has 1 atom stereocenters. The summed E-state index contributed by atoms with van der Waals surface area (Å²) in [6.45, 7) is 2.39. The van der Waals surface area contributed by atoms with Crippen molar-refractivity contribution in [3.63, 3.8) is 0 Å². The molecule has 4 heteroatoms. The van der Waals surface area contributed by atoms with E-state index in [0.29, 0.717) is 6.54 Å². The third-order valence-electron chi connectivity index (χ3n) is 4.80. The van der Waals surface area contributed by atoms with Crippen molar-refractivity contribution in [2.24, 2.45) is 5.92 Å². The van der Waals surface area contributed by atoms with Crippen LogP contribution in [-0.4, -0.2) is 25.5 Å². The van der Waals surface area contributed by atoms with Crippen LogP contribution in [0.25, 0.3) is 0 Å². The van der Waals surface area contributed by atoms with Gasteiger partial charge in [-0.1, -0.05) is 18.6 Å². The van der Waals surface area contributed by atoms with E-state index in [1.165, 1.54) is 18.6 Å². The minimum Gasteiger partial charge on any atom is -0.355 e. The van der Waals surface area contributed by atoms with E-state index in [4.69, 9.17) is 0 Å². The van der Waals surface area contributed by atoms with Gasteiger partial charge in [-0.05, 0) is 43.5 Å². The van der Waals surface area contributed by atoms with Gasteiger partial charge in [0.15, 0.2) is 0 Å². The van der Waals surface area contributed by atoms with Crippen molar-refractivity contribution in [2.45, 2.75) is 31.1 Å². The molecule has 1 aliphatic heterocycles. The maximum atomic E-state index is 13.0. The Hall–Kier alpha value is -1.42. The number of amides is 1. The summed E-state index contributed by atoms with van der Waals surface area (Å²) >= 11 is 0. The summed E-state index contributed by atoms with van der Waals surface area (Å²) in [5.74, 6) is 0.0630. The molecule has 1 saturated carbocycles. The molecule has 1 aromatic rings. The third-order valence-corrected chi connectivity index (χ3v) is 4.80. The highest BCUT2D eigenvalue weighted by atomic mass is 19.1. The predicted octanol–water partition coefficient (Wildman–Crippen LogP) is 1.97. The molecule has 3 nitrogen and oxygen atoms in total. The smallest absolute Gasteiger partial charge is 0.224 e. The van der Waals surface area contributed by atoms with Crippen LogP contribution >= 0.6 is 0 Å². The second-order valence-corrected chi connectivity index (χ2v) is 6.05. The summed E-state index contributed by atoms with van der Waals surface area (Å²) < 4.78 is 13.0. The summed E-state index contributed by atoms with van der Waals surface area (Å²) in [6.07, 6.45) is 4.25. The number of nitrogens with one attached hydrogen (secondary N) is 2. The Morgan fingerprint density at radius 2 is 2.10 bits per heavy atom. The van der Waals surface area contributed by atoms with Gasteiger partial charge in [-0.25, -0.2) is 4.39 Å². The van der Waals surface area contributed by atoms with E-state index in [1.54, 1.807) is 0 Å². The Kier molecular flexibility index (Phi) is 3.74. The van der Waals surface area contributed by atoms with Gasteiger partial charge in [0.1, 0.15) is 5.82 Å². The van der Waals surface area contributed by atoms with E-state index in [9.17, 15) is 9.18 Å². The van der Waals surface area contributed by atoms with E-state index in [2.05, 4.69) is 10.6 Å². The zero-order valence-electron chi connectivity index (χ0n) is 11.6. The summed E-state index contributed by atoms with van der Waals surface area (Å²) in [6, 6.07) is 6.74. The van der Waals surface area contributed by atoms with Crippen LogP contribution < -0.4 is 10.6 Å². The highest BCUT2D eigenvalue weighted by Crippen LogP contribution is 2.43. The zero-order valence-corrected chi connectivity index (χ0v) is 11.6. The number of halogens is 1. The molecule has 1 saturated heterocycles. The van der Waals surface area contributed by atoms with Gasteiger partial charge in [0.2, 0.25) is 5.91 Å². The molecule has 0 aromatic heterocycles. The van der Waals surface area contributed by atoms with Gasteiger partial charge >= 0.3 is 0 Å². The van der Waals surface area contributed by atoms with Crippen molar-refractivity contribution in [1.82, 2.24) is 10.6 Å². The third kappa shape index (κ3) is 2.57. The van der Waals surface area contributed by atoms with Gasteiger partial charge < -0.3 is 10.6 Å². The first-order chi connectivity index (χ1) is 9.70. The summed E-state index contributed by atoms with van der Waals surface area (Å²) in [5.41, 5.74) is 1.17. The van der Waals surface area contributed by atoms with Crippen LogP contribution in [0.3, 0.4) is 0 Å². The van der Waals surface area contributed by atoms with Crippen molar-refractivity contribution < 1.29 is 9.18 Å². The first-order valence-electron chi connectivity index (χ1n) is 7.44. The molecule has 1 unspecified atom stereocenters. The number of rotatable bonds is 4. The average Bonchev–Trinajstić information content (AvgIpc) is 2.93. The summed E-state index contributed by atoms with van der Waals surface area (Å²) in [5, 5.41) is 6.32. The fourth-order valence-corrected chi connectivity index (χ4v) is 3.25. The SMILES string of the molecule is O=C(NCC1(c2ccc(F)cc2)CCC1)C1CCNC1. The van der Waals surface area contributed by atoms with Crippen molar-refractivity contribution in [2.75, 3.05) is 19.6 Å². The number of hydrogen-bond acceptors (Lipinski definition) is 2. The van der Waals surface area contributed by atoms with Gasteiger partial charge in [0.25, 0.3) is 0 Å². The van der Waals surface area contributed by atoms with E-state index >= 15 is 0 Å². The molecule has 0 radical (unpaired) electrons. The molecular formula is C16H21FN2O. The summed E-state index contributed by atoms with van der Waals surface area (Å²) in [7, 11) is 0. The largest absolute Gasteiger partial charge is 0.355 e. The quantitative estimate of drug-likeness (QED) is 0.883. The minimum absolute atomic E-state index is 0.0232.